The average molecular weight is 510 g/mol. The van der Waals surface area contributed by atoms with Gasteiger partial charge in [0.25, 0.3) is 17.5 Å². The minimum absolute atomic E-state index is 0.0308. The lowest BCUT2D eigenvalue weighted by Crippen LogP contribution is -2.44. The number of pyridine rings is 1. The highest BCUT2D eigenvalue weighted by atomic mass is 16.6. The summed E-state index contributed by atoms with van der Waals surface area (Å²) in [7, 11) is 4.92. The first kappa shape index (κ1) is 26.4. The number of nitrogens with one attached hydrogen (secondary N) is 1. The molecule has 1 aromatic heterocycles. The van der Waals surface area contributed by atoms with Crippen molar-refractivity contribution < 1.29 is 34.7 Å². The number of hydrogen-bond acceptors (Lipinski definition) is 9. The van der Waals surface area contributed by atoms with Gasteiger partial charge in [-0.2, -0.15) is 0 Å². The molecular formula is C27H31N3O7. The minimum Gasteiger partial charge on any atom is -0.497 e. The van der Waals surface area contributed by atoms with E-state index in [0.29, 0.717) is 27.9 Å². The van der Waals surface area contributed by atoms with Crippen molar-refractivity contribution in [1.82, 2.24) is 15.2 Å². The van der Waals surface area contributed by atoms with Gasteiger partial charge in [0, 0.05) is 41.9 Å². The predicted molar refractivity (Wildman–Crippen MR) is 136 cm³/mol. The minimum atomic E-state index is -3.09. The van der Waals surface area contributed by atoms with Crippen molar-refractivity contribution in [2.24, 2.45) is 0 Å². The van der Waals surface area contributed by atoms with E-state index in [-0.39, 0.29) is 16.9 Å². The highest BCUT2D eigenvalue weighted by Crippen LogP contribution is 2.62. The Bertz CT molecular complexity index is 1370. The van der Waals surface area contributed by atoms with E-state index in [9.17, 15) is 25.2 Å². The van der Waals surface area contributed by atoms with Gasteiger partial charge in [-0.3, -0.25) is 9.78 Å². The molecule has 2 heterocycles. The molecule has 1 amide bonds. The van der Waals surface area contributed by atoms with Gasteiger partial charge in [0.2, 0.25) is 0 Å². The molecule has 1 fully saturated rings. The van der Waals surface area contributed by atoms with Crippen molar-refractivity contribution in [1.29, 1.82) is 0 Å². The van der Waals surface area contributed by atoms with Crippen LogP contribution in [-0.2, 0) is 5.54 Å². The van der Waals surface area contributed by atoms with Crippen molar-refractivity contribution in [2.75, 3.05) is 27.8 Å². The van der Waals surface area contributed by atoms with Crippen LogP contribution in [0, 0.1) is 13.8 Å². The number of carbonyl (C=O) groups is 1. The number of amides is 1. The molecule has 10 heteroatoms. The maximum atomic E-state index is 13.2. The zero-order valence-electron chi connectivity index (χ0n) is 21.3. The Morgan fingerprint density at radius 3 is 2.11 bits per heavy atom. The number of aromatic nitrogens is 1. The zero-order valence-corrected chi connectivity index (χ0v) is 21.3. The number of aliphatic hydroxyl groups is 4. The standard InChI is InChI=1S/C23H24N2O7.C4H7N/c1-12-5-7-14(31-3)9-17(12)20(26)25-21(22(27,28)23(21,29)30)18-10-15(32-4)11-19-16(18)8-6-13(2)24-19;1-5-3-2-4-5/h5-11,27-30H,1-4H3,(H,25,26);2-3H,4H2,1H3. The van der Waals surface area contributed by atoms with Crippen LogP contribution in [0.4, 0.5) is 0 Å². The fourth-order valence-electron chi connectivity index (χ4n) is 4.38. The molecule has 0 saturated heterocycles. The van der Waals surface area contributed by atoms with Crippen molar-refractivity contribution in [2.45, 2.75) is 31.0 Å². The summed E-state index contributed by atoms with van der Waals surface area (Å²) >= 11 is 0. The van der Waals surface area contributed by atoms with E-state index in [2.05, 4.69) is 34.5 Å². The molecule has 10 nitrogen and oxygen atoms in total. The van der Waals surface area contributed by atoms with Crippen LogP contribution in [0.25, 0.3) is 10.9 Å². The Morgan fingerprint density at radius 2 is 1.59 bits per heavy atom. The van der Waals surface area contributed by atoms with E-state index in [1.807, 2.05) is 0 Å². The summed E-state index contributed by atoms with van der Waals surface area (Å²) in [6, 6.07) is 11.2. The summed E-state index contributed by atoms with van der Waals surface area (Å²) < 4.78 is 10.5. The van der Waals surface area contributed by atoms with E-state index in [1.165, 1.54) is 26.4 Å². The highest BCUT2D eigenvalue weighted by molar-refractivity contribution is 5.98. The molecule has 196 valence electrons. The number of methoxy groups -OCH3 is 2. The lowest BCUT2D eigenvalue weighted by molar-refractivity contribution is -0.207. The summed E-state index contributed by atoms with van der Waals surface area (Å²) in [6.07, 6.45) is 4.18. The number of aryl methyl sites for hydroxylation is 2. The van der Waals surface area contributed by atoms with Crippen molar-refractivity contribution in [3.8, 4) is 11.5 Å². The molecule has 0 unspecified atom stereocenters. The SMILES string of the molecule is CN1C=CC1.COc1ccc(C)c(C(=O)NC2(c3cc(OC)cc4nc(C)ccc34)C(O)(O)C2(O)O)c1. The van der Waals surface area contributed by atoms with E-state index in [0.717, 1.165) is 6.54 Å². The Hall–Kier alpha value is -3.70. The van der Waals surface area contributed by atoms with Crippen molar-refractivity contribution >= 4 is 16.8 Å². The summed E-state index contributed by atoms with van der Waals surface area (Å²) in [5.41, 5.74) is -0.488. The molecule has 0 radical (unpaired) electrons. The summed E-state index contributed by atoms with van der Waals surface area (Å²) in [5, 5.41) is 45.3. The molecular weight excluding hydrogens is 478 g/mol. The lowest BCUT2D eigenvalue weighted by Gasteiger charge is -2.23. The van der Waals surface area contributed by atoms with Gasteiger partial charge in [-0.25, -0.2) is 0 Å². The molecule has 3 aromatic rings. The third-order valence-corrected chi connectivity index (χ3v) is 6.77. The number of ether oxygens (including phenoxy) is 2. The monoisotopic (exact) mass is 509 g/mol. The fourth-order valence-corrected chi connectivity index (χ4v) is 4.38. The highest BCUT2D eigenvalue weighted by Gasteiger charge is 2.91. The second-order valence-corrected chi connectivity index (χ2v) is 9.25. The molecule has 2 aromatic carbocycles. The maximum absolute atomic E-state index is 13.2. The molecule has 5 N–H and O–H groups in total. The quantitative estimate of drug-likeness (QED) is 0.322. The lowest BCUT2D eigenvalue weighted by atomic mass is 9.95. The largest absolute Gasteiger partial charge is 0.497 e. The van der Waals surface area contributed by atoms with Crippen LogP contribution in [0.15, 0.2) is 54.7 Å². The first-order valence-corrected chi connectivity index (χ1v) is 11.6. The Balaban J connectivity index is 0.000000572. The smallest absolute Gasteiger partial charge is 0.255 e. The number of rotatable bonds is 5. The average Bonchev–Trinajstić information content (AvgIpc) is 3.19. The van der Waals surface area contributed by atoms with Crippen LogP contribution in [0.2, 0.25) is 0 Å². The molecule has 1 aliphatic carbocycles. The number of fused-ring (bicyclic) bond motifs is 1. The van der Waals surface area contributed by atoms with Crippen LogP contribution in [0.1, 0.15) is 27.2 Å². The predicted octanol–water partition coefficient (Wildman–Crippen LogP) is 1.32. The summed E-state index contributed by atoms with van der Waals surface area (Å²) in [5.74, 6) is -6.24. The molecule has 37 heavy (non-hydrogen) atoms. The molecule has 2 aliphatic rings. The van der Waals surface area contributed by atoms with Crippen LogP contribution in [0.3, 0.4) is 0 Å². The number of likely N-dealkylation sites (N-methyl/N-ethyl adjacent to an activating group) is 1. The number of hydrogen-bond donors (Lipinski definition) is 5. The number of nitrogens with zero attached hydrogens (tertiary/aromatic N) is 2. The first-order chi connectivity index (χ1) is 17.4. The van der Waals surface area contributed by atoms with Gasteiger partial charge in [-0.05, 0) is 56.0 Å². The van der Waals surface area contributed by atoms with E-state index < -0.39 is 23.0 Å². The van der Waals surface area contributed by atoms with E-state index in [4.69, 9.17) is 9.47 Å². The first-order valence-electron chi connectivity index (χ1n) is 11.6. The van der Waals surface area contributed by atoms with Gasteiger partial charge in [-0.1, -0.05) is 12.1 Å². The molecule has 0 bridgehead atoms. The topological polar surface area (TPSA) is 145 Å². The second-order valence-electron chi connectivity index (χ2n) is 9.25. The number of carbonyl (C=O) groups excluding carboxylic acids is 1. The Morgan fingerprint density at radius 1 is 0.973 bits per heavy atom. The van der Waals surface area contributed by atoms with Crippen LogP contribution in [-0.4, -0.2) is 75.6 Å². The van der Waals surface area contributed by atoms with Gasteiger partial charge in [0.15, 0.2) is 5.54 Å². The Kier molecular flexibility index (Phi) is 6.63. The normalized spacial score (nSPS) is 17.8. The van der Waals surface area contributed by atoms with Gasteiger partial charge in [0.05, 0.1) is 19.7 Å². The van der Waals surface area contributed by atoms with Crippen molar-refractivity contribution in [3.05, 3.63) is 77.1 Å². The maximum Gasteiger partial charge on any atom is 0.255 e. The molecule has 1 aliphatic heterocycles. The fraction of sp³-hybridized carbons (Fsp3) is 0.333. The van der Waals surface area contributed by atoms with E-state index >= 15 is 0 Å². The van der Waals surface area contributed by atoms with Crippen LogP contribution in [0.5, 0.6) is 11.5 Å². The van der Waals surface area contributed by atoms with Gasteiger partial charge in [0.1, 0.15) is 11.5 Å². The van der Waals surface area contributed by atoms with Crippen molar-refractivity contribution in [3.63, 3.8) is 0 Å². The van der Waals surface area contributed by atoms with Crippen LogP contribution < -0.4 is 14.8 Å². The molecule has 0 spiro atoms. The van der Waals surface area contributed by atoms with Crippen LogP contribution >= 0.6 is 0 Å². The van der Waals surface area contributed by atoms with Gasteiger partial charge in [-0.15, -0.1) is 0 Å². The third-order valence-electron chi connectivity index (χ3n) is 6.77. The summed E-state index contributed by atoms with van der Waals surface area (Å²) in [4.78, 5) is 19.8. The van der Waals surface area contributed by atoms with Gasteiger partial charge < -0.3 is 40.1 Å². The molecule has 0 atom stereocenters. The second kappa shape index (κ2) is 9.31. The third kappa shape index (κ3) is 4.17. The number of benzene rings is 2. The Labute approximate surface area is 214 Å². The van der Waals surface area contributed by atoms with E-state index in [1.54, 1.807) is 44.2 Å². The van der Waals surface area contributed by atoms with Gasteiger partial charge >= 0.3 is 0 Å². The zero-order chi connectivity index (χ0) is 27.2. The molecule has 1 saturated carbocycles. The molecule has 5 rings (SSSR count). The summed E-state index contributed by atoms with van der Waals surface area (Å²) in [6.45, 7) is 4.61.